The molecule has 1 unspecified atom stereocenters. The normalized spacial score (nSPS) is 19.9. The highest BCUT2D eigenvalue weighted by Gasteiger charge is 2.30. The fourth-order valence-electron chi connectivity index (χ4n) is 3.33. The van der Waals surface area contributed by atoms with E-state index < -0.39 is 10.0 Å². The highest BCUT2D eigenvalue weighted by atomic mass is 35.5. The van der Waals surface area contributed by atoms with Crippen LogP contribution >= 0.6 is 12.4 Å². The number of rotatable bonds is 5. The first-order valence-corrected chi connectivity index (χ1v) is 10.5. The smallest absolute Gasteiger partial charge is 0.243 e. The topological polar surface area (TPSA) is 78.5 Å². The number of aryl methyl sites for hydroxylation is 1. The average molecular weight is 402 g/mol. The minimum Gasteiger partial charge on any atom is -0.326 e. The Balaban J connectivity index is 0.00000243. The van der Waals surface area contributed by atoms with Crippen molar-refractivity contribution in [2.45, 2.75) is 38.0 Å². The minimum atomic E-state index is -3.51. The Morgan fingerprint density at radius 2 is 1.88 bits per heavy atom. The highest BCUT2D eigenvalue weighted by Crippen LogP contribution is 2.26. The van der Waals surface area contributed by atoms with E-state index in [-0.39, 0.29) is 24.2 Å². The van der Waals surface area contributed by atoms with Gasteiger partial charge in [0, 0.05) is 24.7 Å². The zero-order valence-electron chi connectivity index (χ0n) is 15.3. The first-order valence-electron chi connectivity index (χ1n) is 9.02. The van der Waals surface area contributed by atoms with Crippen LogP contribution in [0.5, 0.6) is 0 Å². The summed E-state index contributed by atoms with van der Waals surface area (Å²) in [6, 6.07) is 5.14. The molecule has 2 heterocycles. The number of carbonyl (C=O) groups is 1. The van der Waals surface area contributed by atoms with Gasteiger partial charge in [-0.15, -0.1) is 12.4 Å². The van der Waals surface area contributed by atoms with Crippen LogP contribution in [0, 0.1) is 18.8 Å². The van der Waals surface area contributed by atoms with E-state index in [1.165, 1.54) is 0 Å². The lowest BCUT2D eigenvalue weighted by molar-refractivity contribution is -0.121. The molecule has 0 spiro atoms. The lowest BCUT2D eigenvalue weighted by Crippen LogP contribution is -2.48. The predicted octanol–water partition coefficient (Wildman–Crippen LogP) is 2.39. The number of carbonyl (C=O) groups excluding carboxylic acids is 1. The van der Waals surface area contributed by atoms with Gasteiger partial charge in [-0.1, -0.05) is 19.4 Å². The summed E-state index contributed by atoms with van der Waals surface area (Å²) < 4.78 is 27.5. The molecule has 1 aromatic rings. The van der Waals surface area contributed by atoms with Gasteiger partial charge < -0.3 is 10.6 Å². The van der Waals surface area contributed by atoms with Gasteiger partial charge in [-0.05, 0) is 56.5 Å². The van der Waals surface area contributed by atoms with Crippen LogP contribution in [0.25, 0.3) is 0 Å². The number of hydrogen-bond acceptors (Lipinski definition) is 4. The molecule has 2 saturated heterocycles. The second-order valence-electron chi connectivity index (χ2n) is 7.14. The van der Waals surface area contributed by atoms with Crippen LogP contribution < -0.4 is 10.6 Å². The molecule has 3 rings (SSSR count). The summed E-state index contributed by atoms with van der Waals surface area (Å²) in [7, 11) is -3.51. The summed E-state index contributed by atoms with van der Waals surface area (Å²) in [4.78, 5) is 12.7. The Morgan fingerprint density at radius 1 is 1.23 bits per heavy atom. The maximum Gasteiger partial charge on any atom is 0.243 e. The molecule has 0 saturated carbocycles. The number of anilines is 1. The van der Waals surface area contributed by atoms with E-state index in [2.05, 4.69) is 10.6 Å². The van der Waals surface area contributed by atoms with E-state index in [1.807, 2.05) is 6.92 Å². The molecule has 26 heavy (non-hydrogen) atoms. The van der Waals surface area contributed by atoms with Crippen molar-refractivity contribution in [3.63, 3.8) is 0 Å². The quantitative estimate of drug-likeness (QED) is 0.794. The molecular formula is C18H28ClN3O3S. The molecule has 8 heteroatoms. The molecule has 2 aliphatic heterocycles. The van der Waals surface area contributed by atoms with Crippen LogP contribution in [0.1, 0.15) is 31.7 Å². The number of halogens is 1. The monoisotopic (exact) mass is 401 g/mol. The van der Waals surface area contributed by atoms with Crippen LogP contribution in [0.3, 0.4) is 0 Å². The molecule has 1 atom stereocenters. The van der Waals surface area contributed by atoms with Gasteiger partial charge in [0.25, 0.3) is 0 Å². The lowest BCUT2D eigenvalue weighted by Gasteiger charge is -2.31. The molecular weight excluding hydrogens is 374 g/mol. The molecule has 2 N–H and O–H groups in total. The van der Waals surface area contributed by atoms with Gasteiger partial charge in [-0.25, -0.2) is 8.42 Å². The van der Waals surface area contributed by atoms with Gasteiger partial charge in [0.15, 0.2) is 0 Å². The summed E-state index contributed by atoms with van der Waals surface area (Å²) in [5, 5.41) is 6.05. The van der Waals surface area contributed by atoms with Gasteiger partial charge >= 0.3 is 0 Å². The fourth-order valence-corrected chi connectivity index (χ4v) is 5.10. The van der Waals surface area contributed by atoms with Crippen LogP contribution in [0.4, 0.5) is 5.69 Å². The number of nitrogens with zero attached hydrogens (tertiary/aromatic N) is 1. The number of hydrogen-bond donors (Lipinski definition) is 2. The molecule has 0 aliphatic carbocycles. The van der Waals surface area contributed by atoms with Gasteiger partial charge in [0.05, 0.1) is 4.90 Å². The Bertz CT molecular complexity index is 744. The van der Waals surface area contributed by atoms with Crippen molar-refractivity contribution in [2.75, 3.05) is 31.5 Å². The van der Waals surface area contributed by atoms with Crippen molar-refractivity contribution in [3.8, 4) is 0 Å². The molecule has 2 fully saturated rings. The Morgan fingerprint density at radius 3 is 2.46 bits per heavy atom. The van der Waals surface area contributed by atoms with Crippen molar-refractivity contribution in [1.29, 1.82) is 0 Å². The molecule has 146 valence electrons. The zero-order chi connectivity index (χ0) is 18.0. The number of nitrogens with one attached hydrogen (secondary N) is 2. The number of benzene rings is 1. The SMILES string of the molecule is Cc1ccc(NC(=O)C(C)C2CNC2)cc1S(=O)(=O)N1CCCCC1.Cl. The summed E-state index contributed by atoms with van der Waals surface area (Å²) in [5.74, 6) is 0.198. The maximum absolute atomic E-state index is 12.9. The van der Waals surface area contributed by atoms with E-state index in [4.69, 9.17) is 0 Å². The van der Waals surface area contributed by atoms with Crippen molar-refractivity contribution < 1.29 is 13.2 Å². The Hall–Kier alpha value is -1.15. The number of sulfonamides is 1. The predicted molar refractivity (Wildman–Crippen MR) is 105 cm³/mol. The molecule has 0 radical (unpaired) electrons. The largest absolute Gasteiger partial charge is 0.326 e. The highest BCUT2D eigenvalue weighted by molar-refractivity contribution is 7.89. The number of amides is 1. The van der Waals surface area contributed by atoms with E-state index in [9.17, 15) is 13.2 Å². The summed E-state index contributed by atoms with van der Waals surface area (Å²) in [6.45, 7) is 6.58. The first kappa shape index (κ1) is 21.2. The van der Waals surface area contributed by atoms with Crippen LogP contribution in [0.2, 0.25) is 0 Å². The number of piperidine rings is 1. The van der Waals surface area contributed by atoms with Crippen molar-refractivity contribution in [1.82, 2.24) is 9.62 Å². The van der Waals surface area contributed by atoms with E-state index >= 15 is 0 Å². The third kappa shape index (κ3) is 4.39. The minimum absolute atomic E-state index is 0. The van der Waals surface area contributed by atoms with Crippen molar-refractivity contribution >= 4 is 34.0 Å². The van der Waals surface area contributed by atoms with Crippen LogP contribution in [-0.4, -0.2) is 44.8 Å². The lowest BCUT2D eigenvalue weighted by atomic mass is 9.88. The summed E-state index contributed by atoms with van der Waals surface area (Å²) >= 11 is 0. The third-order valence-electron chi connectivity index (χ3n) is 5.32. The summed E-state index contributed by atoms with van der Waals surface area (Å²) in [5.41, 5.74) is 1.25. The molecule has 6 nitrogen and oxygen atoms in total. The van der Waals surface area contributed by atoms with Crippen LogP contribution in [-0.2, 0) is 14.8 Å². The maximum atomic E-state index is 12.9. The standard InChI is InChI=1S/C18H27N3O3S.ClH/c1-13-6-7-16(20-18(22)14(2)15-11-19-12-15)10-17(13)25(23,24)21-8-4-3-5-9-21;/h6-7,10,14-15,19H,3-5,8-9,11-12H2,1-2H3,(H,20,22);1H. The van der Waals surface area contributed by atoms with E-state index in [0.717, 1.165) is 32.4 Å². The van der Waals surface area contributed by atoms with Gasteiger partial charge in [-0.2, -0.15) is 4.31 Å². The second-order valence-corrected chi connectivity index (χ2v) is 9.05. The Kier molecular flexibility index (Phi) is 7.07. The molecule has 0 bridgehead atoms. The van der Waals surface area contributed by atoms with Gasteiger partial charge in [0.2, 0.25) is 15.9 Å². The molecule has 2 aliphatic rings. The van der Waals surface area contributed by atoms with Crippen LogP contribution in [0.15, 0.2) is 23.1 Å². The van der Waals surface area contributed by atoms with E-state index in [1.54, 1.807) is 29.4 Å². The third-order valence-corrected chi connectivity index (χ3v) is 7.36. The van der Waals surface area contributed by atoms with Crippen molar-refractivity contribution in [2.24, 2.45) is 11.8 Å². The first-order chi connectivity index (χ1) is 11.9. The average Bonchev–Trinajstić information content (AvgIpc) is 2.55. The van der Waals surface area contributed by atoms with Gasteiger partial charge in [-0.3, -0.25) is 4.79 Å². The molecule has 0 aromatic heterocycles. The molecule has 1 aromatic carbocycles. The fraction of sp³-hybridized carbons (Fsp3) is 0.611. The van der Waals surface area contributed by atoms with Gasteiger partial charge in [0.1, 0.15) is 0 Å². The zero-order valence-corrected chi connectivity index (χ0v) is 17.0. The second kappa shape index (κ2) is 8.69. The van der Waals surface area contributed by atoms with E-state index in [0.29, 0.717) is 35.2 Å². The Labute approximate surface area is 162 Å². The van der Waals surface area contributed by atoms with Crippen molar-refractivity contribution in [3.05, 3.63) is 23.8 Å². The summed E-state index contributed by atoms with van der Waals surface area (Å²) in [6.07, 6.45) is 2.89. The molecule has 1 amide bonds.